The fraction of sp³-hybridized carbons (Fsp3) is 0.312. The van der Waals surface area contributed by atoms with Gasteiger partial charge in [0.25, 0.3) is 5.91 Å². The van der Waals surface area contributed by atoms with Crippen molar-refractivity contribution in [2.45, 2.75) is 51.7 Å². The van der Waals surface area contributed by atoms with Crippen LogP contribution in [0, 0.1) is 13.8 Å². The fourth-order valence-electron chi connectivity index (χ4n) is 5.06. The Kier molecular flexibility index (Phi) is 8.00. The number of amides is 1. The van der Waals surface area contributed by atoms with Crippen LogP contribution < -0.4 is 10.1 Å². The lowest BCUT2D eigenvalue weighted by Gasteiger charge is -2.37. The van der Waals surface area contributed by atoms with Crippen molar-refractivity contribution in [2.24, 2.45) is 0 Å². The van der Waals surface area contributed by atoms with Crippen LogP contribution in [0.25, 0.3) is 10.1 Å². The van der Waals surface area contributed by atoms with Gasteiger partial charge in [0.2, 0.25) is 0 Å². The molecule has 4 aromatic rings. The van der Waals surface area contributed by atoms with Gasteiger partial charge in [-0.3, -0.25) is 9.59 Å². The summed E-state index contributed by atoms with van der Waals surface area (Å²) in [4.78, 5) is 26.4. The minimum atomic E-state index is -0.894. The zero-order valence-electron chi connectivity index (χ0n) is 22.3. The van der Waals surface area contributed by atoms with Gasteiger partial charge in [-0.05, 0) is 85.0 Å². The van der Waals surface area contributed by atoms with Gasteiger partial charge in [0.15, 0.2) is 0 Å². The lowest BCUT2D eigenvalue weighted by Crippen LogP contribution is -2.49. The van der Waals surface area contributed by atoms with Crippen LogP contribution in [0.1, 0.15) is 56.8 Å². The Morgan fingerprint density at radius 3 is 2.59 bits per heavy atom. The molecule has 1 saturated heterocycles. The fourth-order valence-corrected chi connectivity index (χ4v) is 6.33. The van der Waals surface area contributed by atoms with E-state index in [4.69, 9.17) is 9.47 Å². The Balaban J connectivity index is 1.45. The summed E-state index contributed by atoms with van der Waals surface area (Å²) in [6.07, 6.45) is 1.57. The number of carbonyl (C=O) groups is 2. The highest BCUT2D eigenvalue weighted by molar-refractivity contribution is 7.19. The molecule has 2 N–H and O–H groups in total. The van der Waals surface area contributed by atoms with Gasteiger partial charge in [0, 0.05) is 34.8 Å². The van der Waals surface area contributed by atoms with Gasteiger partial charge in [-0.2, -0.15) is 0 Å². The molecule has 7 heteroatoms. The number of hydrogen-bond acceptors (Lipinski definition) is 5. The predicted molar refractivity (Wildman–Crippen MR) is 154 cm³/mol. The molecule has 0 bridgehead atoms. The summed E-state index contributed by atoms with van der Waals surface area (Å²) in [5.74, 6) is -0.292. The van der Waals surface area contributed by atoms with Gasteiger partial charge >= 0.3 is 5.97 Å². The van der Waals surface area contributed by atoms with Crippen molar-refractivity contribution in [1.82, 2.24) is 5.32 Å². The van der Waals surface area contributed by atoms with Gasteiger partial charge in [-0.15, -0.1) is 11.3 Å². The standard InChI is InChI=1S/C32H33NO5S/c1-21-7-8-22(2)27(17-21)38-20-23-9-10-24(11-12-30(34)35)26(18-23)31(36)33-32(13-15-37-16-14-32)29-19-25-5-3-4-6-28(25)39-29/h3-10,17-19H,11-16,20H2,1-2H3,(H,33,36)(H,34,35). The first-order chi connectivity index (χ1) is 18.8. The molecule has 1 amide bonds. The summed E-state index contributed by atoms with van der Waals surface area (Å²) in [6.45, 7) is 5.45. The zero-order valence-corrected chi connectivity index (χ0v) is 23.1. The smallest absolute Gasteiger partial charge is 0.303 e. The lowest BCUT2D eigenvalue weighted by molar-refractivity contribution is -0.136. The number of hydrogen-bond donors (Lipinski definition) is 2. The normalized spacial score (nSPS) is 14.7. The van der Waals surface area contributed by atoms with Crippen LogP contribution in [0.3, 0.4) is 0 Å². The second-order valence-corrected chi connectivity index (χ2v) is 11.3. The molecule has 1 aromatic heterocycles. The Bertz CT molecular complexity index is 1470. The number of aliphatic carboxylic acids is 1. The summed E-state index contributed by atoms with van der Waals surface area (Å²) >= 11 is 1.70. The molecular formula is C32H33NO5S. The summed E-state index contributed by atoms with van der Waals surface area (Å²) in [5.41, 5.74) is 3.66. The largest absolute Gasteiger partial charge is 0.489 e. The average molecular weight is 544 g/mol. The molecule has 3 aromatic carbocycles. The molecule has 39 heavy (non-hydrogen) atoms. The monoisotopic (exact) mass is 543 g/mol. The van der Waals surface area contributed by atoms with Crippen LogP contribution >= 0.6 is 11.3 Å². The molecule has 0 saturated carbocycles. The molecule has 2 heterocycles. The van der Waals surface area contributed by atoms with E-state index in [1.807, 2.05) is 62.4 Å². The molecule has 5 rings (SSSR count). The second-order valence-electron chi connectivity index (χ2n) is 10.2. The molecule has 1 fully saturated rings. The lowest BCUT2D eigenvalue weighted by atomic mass is 9.87. The quantitative estimate of drug-likeness (QED) is 0.250. The molecule has 0 spiro atoms. The second kappa shape index (κ2) is 11.6. The highest BCUT2D eigenvalue weighted by Crippen LogP contribution is 2.39. The van der Waals surface area contributed by atoms with Gasteiger partial charge < -0.3 is 19.9 Å². The number of ether oxygens (including phenoxy) is 2. The Morgan fingerprint density at radius 1 is 1.03 bits per heavy atom. The third-order valence-electron chi connectivity index (χ3n) is 7.36. The maximum absolute atomic E-state index is 14.0. The van der Waals surface area contributed by atoms with E-state index in [2.05, 4.69) is 23.5 Å². The number of carbonyl (C=O) groups excluding carboxylic acids is 1. The highest BCUT2D eigenvalue weighted by atomic mass is 32.1. The van der Waals surface area contributed by atoms with Crippen LogP contribution in [-0.2, 0) is 28.1 Å². The molecule has 0 radical (unpaired) electrons. The number of benzene rings is 3. The van der Waals surface area contributed by atoms with Crippen molar-refractivity contribution in [3.63, 3.8) is 0 Å². The van der Waals surface area contributed by atoms with Gasteiger partial charge in [-0.25, -0.2) is 0 Å². The minimum Gasteiger partial charge on any atom is -0.489 e. The number of carboxylic acid groups (broad SMARTS) is 1. The van der Waals surface area contributed by atoms with E-state index in [1.165, 1.54) is 4.70 Å². The van der Waals surface area contributed by atoms with E-state index in [1.54, 1.807) is 11.3 Å². The summed E-state index contributed by atoms with van der Waals surface area (Å²) < 4.78 is 13.0. The van der Waals surface area contributed by atoms with Crippen molar-refractivity contribution < 1.29 is 24.2 Å². The first kappa shape index (κ1) is 26.9. The average Bonchev–Trinajstić information content (AvgIpc) is 3.38. The number of rotatable bonds is 9. The third-order valence-corrected chi connectivity index (χ3v) is 8.68. The van der Waals surface area contributed by atoms with E-state index in [0.29, 0.717) is 43.8 Å². The molecule has 0 aliphatic carbocycles. The van der Waals surface area contributed by atoms with E-state index < -0.39 is 11.5 Å². The molecule has 6 nitrogen and oxygen atoms in total. The van der Waals surface area contributed by atoms with Gasteiger partial charge in [0.1, 0.15) is 12.4 Å². The summed E-state index contributed by atoms with van der Waals surface area (Å²) in [6, 6.07) is 22.1. The summed E-state index contributed by atoms with van der Waals surface area (Å²) in [5, 5.41) is 13.8. The summed E-state index contributed by atoms with van der Waals surface area (Å²) in [7, 11) is 0. The number of carboxylic acids is 1. The Labute approximate surface area is 232 Å². The van der Waals surface area contributed by atoms with Crippen molar-refractivity contribution in [2.75, 3.05) is 13.2 Å². The predicted octanol–water partition coefficient (Wildman–Crippen LogP) is 6.55. The van der Waals surface area contributed by atoms with E-state index in [-0.39, 0.29) is 18.7 Å². The molecule has 1 aliphatic heterocycles. The maximum Gasteiger partial charge on any atom is 0.303 e. The number of nitrogens with one attached hydrogen (secondary N) is 1. The van der Waals surface area contributed by atoms with Crippen LogP contribution in [0.4, 0.5) is 0 Å². The number of fused-ring (bicyclic) bond motifs is 1. The Morgan fingerprint density at radius 2 is 1.82 bits per heavy atom. The SMILES string of the molecule is Cc1ccc(C)c(OCc2ccc(CCC(=O)O)c(C(=O)NC3(c4cc5ccccc5s4)CCOCC3)c2)c1. The minimum absolute atomic E-state index is 0.0477. The third kappa shape index (κ3) is 6.15. The van der Waals surface area contributed by atoms with Gasteiger partial charge in [0.05, 0.1) is 5.54 Å². The van der Waals surface area contributed by atoms with E-state index in [0.717, 1.165) is 32.7 Å². The van der Waals surface area contributed by atoms with Crippen molar-refractivity contribution in [3.8, 4) is 5.75 Å². The zero-order chi connectivity index (χ0) is 27.4. The molecule has 0 atom stereocenters. The first-order valence-electron chi connectivity index (χ1n) is 13.3. The van der Waals surface area contributed by atoms with E-state index >= 15 is 0 Å². The maximum atomic E-state index is 14.0. The molecule has 202 valence electrons. The van der Waals surface area contributed by atoms with Gasteiger partial charge in [-0.1, -0.05) is 42.5 Å². The Hall–Kier alpha value is -3.68. The first-order valence-corrected chi connectivity index (χ1v) is 14.1. The van der Waals surface area contributed by atoms with Crippen LogP contribution in [0.2, 0.25) is 0 Å². The number of thiophene rings is 1. The van der Waals surface area contributed by atoms with Crippen LogP contribution in [-0.4, -0.2) is 30.2 Å². The molecule has 0 unspecified atom stereocenters. The topological polar surface area (TPSA) is 84.9 Å². The van der Waals surface area contributed by atoms with Crippen molar-refractivity contribution in [3.05, 3.63) is 99.4 Å². The number of aryl methyl sites for hydroxylation is 3. The molecule has 1 aliphatic rings. The van der Waals surface area contributed by atoms with Crippen molar-refractivity contribution >= 4 is 33.3 Å². The highest BCUT2D eigenvalue weighted by Gasteiger charge is 2.38. The molecular weight excluding hydrogens is 510 g/mol. The van der Waals surface area contributed by atoms with Crippen molar-refractivity contribution in [1.29, 1.82) is 0 Å². The van der Waals surface area contributed by atoms with Crippen LogP contribution in [0.5, 0.6) is 5.75 Å². The van der Waals surface area contributed by atoms with E-state index in [9.17, 15) is 14.7 Å². The van der Waals surface area contributed by atoms with Crippen LogP contribution in [0.15, 0.2) is 66.7 Å².